The van der Waals surface area contributed by atoms with E-state index in [1.165, 1.54) is 0 Å². The maximum absolute atomic E-state index is 7.32. The van der Waals surface area contributed by atoms with Crippen LogP contribution in [0.5, 0.6) is 0 Å². The Morgan fingerprint density at radius 3 is 2.62 bits per heavy atom. The summed E-state index contributed by atoms with van der Waals surface area (Å²) in [5.74, 6) is 1.11. The van der Waals surface area contributed by atoms with Crippen molar-refractivity contribution in [2.45, 2.75) is 13.3 Å². The average molecular weight is 214 g/mol. The highest BCUT2D eigenvalue weighted by Crippen LogP contribution is 2.12. The highest BCUT2D eigenvalue weighted by Gasteiger charge is 2.03. The van der Waals surface area contributed by atoms with Gasteiger partial charge in [0.15, 0.2) is 0 Å². The van der Waals surface area contributed by atoms with Crippen molar-refractivity contribution in [3.05, 3.63) is 48.0 Å². The van der Waals surface area contributed by atoms with Crippen LogP contribution >= 0.6 is 0 Å². The van der Waals surface area contributed by atoms with Gasteiger partial charge in [0, 0.05) is 30.1 Å². The molecule has 0 aliphatic carbocycles. The predicted molar refractivity (Wildman–Crippen MR) is 64.0 cm³/mol. The van der Waals surface area contributed by atoms with Crippen molar-refractivity contribution in [3.8, 4) is 5.69 Å². The lowest BCUT2D eigenvalue weighted by Gasteiger charge is -2.07. The van der Waals surface area contributed by atoms with Gasteiger partial charge in [-0.2, -0.15) is 0 Å². The number of benzene rings is 1. The molecular formula is C12H14N4. The first-order valence-corrected chi connectivity index (χ1v) is 5.19. The Kier molecular flexibility index (Phi) is 2.72. The first-order valence-electron chi connectivity index (χ1n) is 5.19. The van der Waals surface area contributed by atoms with Crippen molar-refractivity contribution in [2.75, 3.05) is 0 Å². The first kappa shape index (κ1) is 10.4. The molecule has 0 spiro atoms. The molecule has 4 nitrogen and oxygen atoms in total. The Balaban J connectivity index is 2.38. The first-order chi connectivity index (χ1) is 7.72. The molecule has 0 radical (unpaired) electrons. The van der Waals surface area contributed by atoms with Crippen LogP contribution in [0.2, 0.25) is 0 Å². The molecule has 1 heterocycles. The van der Waals surface area contributed by atoms with E-state index < -0.39 is 0 Å². The van der Waals surface area contributed by atoms with E-state index in [-0.39, 0.29) is 5.84 Å². The lowest BCUT2D eigenvalue weighted by molar-refractivity contribution is 0.891. The summed E-state index contributed by atoms with van der Waals surface area (Å²) in [6.45, 7) is 2.07. The second kappa shape index (κ2) is 4.18. The zero-order chi connectivity index (χ0) is 11.5. The monoisotopic (exact) mass is 214 g/mol. The fraction of sp³-hybridized carbons (Fsp3) is 0.167. The second-order valence-corrected chi connectivity index (χ2v) is 3.53. The van der Waals surface area contributed by atoms with Crippen molar-refractivity contribution >= 4 is 5.84 Å². The third kappa shape index (κ3) is 1.82. The lowest BCUT2D eigenvalue weighted by atomic mass is 10.2. The van der Waals surface area contributed by atoms with E-state index in [0.29, 0.717) is 0 Å². The predicted octanol–water partition coefficient (Wildman–Crippen LogP) is 1.72. The SMILES string of the molecule is CCc1nccn1-c1ccc(C(=N)N)cc1. The van der Waals surface area contributed by atoms with E-state index in [1.807, 2.05) is 35.0 Å². The molecule has 0 amide bonds. The normalized spacial score (nSPS) is 10.3. The van der Waals surface area contributed by atoms with Gasteiger partial charge in [-0.3, -0.25) is 5.41 Å². The molecule has 0 aliphatic rings. The van der Waals surface area contributed by atoms with Crippen molar-refractivity contribution in [1.82, 2.24) is 9.55 Å². The van der Waals surface area contributed by atoms with Gasteiger partial charge in [0.05, 0.1) is 0 Å². The molecule has 2 rings (SSSR count). The summed E-state index contributed by atoms with van der Waals surface area (Å²) in [5.41, 5.74) is 7.18. The average Bonchev–Trinajstić information content (AvgIpc) is 2.77. The Bertz CT molecular complexity index is 496. The van der Waals surface area contributed by atoms with Crippen LogP contribution in [0.4, 0.5) is 0 Å². The third-order valence-electron chi connectivity index (χ3n) is 2.49. The molecule has 2 aromatic rings. The molecule has 0 atom stereocenters. The van der Waals surface area contributed by atoms with E-state index in [2.05, 4.69) is 11.9 Å². The Labute approximate surface area is 94.2 Å². The number of aryl methyl sites for hydroxylation is 1. The summed E-state index contributed by atoms with van der Waals surface area (Å²) in [7, 11) is 0. The van der Waals surface area contributed by atoms with E-state index in [9.17, 15) is 0 Å². The number of rotatable bonds is 3. The lowest BCUT2D eigenvalue weighted by Crippen LogP contribution is -2.10. The van der Waals surface area contributed by atoms with Gasteiger partial charge >= 0.3 is 0 Å². The van der Waals surface area contributed by atoms with Crippen LogP contribution in [0.3, 0.4) is 0 Å². The zero-order valence-corrected chi connectivity index (χ0v) is 9.14. The van der Waals surface area contributed by atoms with Gasteiger partial charge in [-0.05, 0) is 24.3 Å². The van der Waals surface area contributed by atoms with Gasteiger partial charge in [0.2, 0.25) is 0 Å². The second-order valence-electron chi connectivity index (χ2n) is 3.53. The van der Waals surface area contributed by atoms with Crippen LogP contribution in [-0.4, -0.2) is 15.4 Å². The smallest absolute Gasteiger partial charge is 0.122 e. The molecule has 1 aromatic heterocycles. The molecule has 1 aromatic carbocycles. The molecule has 4 heteroatoms. The van der Waals surface area contributed by atoms with Crippen LogP contribution in [-0.2, 0) is 6.42 Å². The van der Waals surface area contributed by atoms with Crippen LogP contribution < -0.4 is 5.73 Å². The number of aromatic nitrogens is 2. The summed E-state index contributed by atoms with van der Waals surface area (Å²) in [5, 5.41) is 7.32. The van der Waals surface area contributed by atoms with Crippen LogP contribution in [0.1, 0.15) is 18.3 Å². The van der Waals surface area contributed by atoms with E-state index in [0.717, 1.165) is 23.5 Å². The van der Waals surface area contributed by atoms with Gasteiger partial charge in [0.25, 0.3) is 0 Å². The summed E-state index contributed by atoms with van der Waals surface area (Å²) in [6, 6.07) is 7.57. The highest BCUT2D eigenvalue weighted by molar-refractivity contribution is 5.95. The largest absolute Gasteiger partial charge is 0.384 e. The summed E-state index contributed by atoms with van der Waals surface area (Å²) in [4.78, 5) is 4.26. The number of hydrogen-bond acceptors (Lipinski definition) is 2. The minimum absolute atomic E-state index is 0.0906. The van der Waals surface area contributed by atoms with Crippen LogP contribution in [0.15, 0.2) is 36.7 Å². The number of imidazole rings is 1. The minimum atomic E-state index is 0.0906. The number of hydrogen-bond donors (Lipinski definition) is 2. The molecule has 0 aliphatic heterocycles. The van der Waals surface area contributed by atoms with Gasteiger partial charge in [0.1, 0.15) is 11.7 Å². The van der Waals surface area contributed by atoms with Gasteiger partial charge in [-0.25, -0.2) is 4.98 Å². The highest BCUT2D eigenvalue weighted by atomic mass is 15.1. The van der Waals surface area contributed by atoms with Crippen molar-refractivity contribution in [3.63, 3.8) is 0 Å². The number of nitrogens with one attached hydrogen (secondary N) is 1. The Morgan fingerprint density at radius 1 is 1.38 bits per heavy atom. The van der Waals surface area contributed by atoms with Gasteiger partial charge in [-0.1, -0.05) is 6.92 Å². The van der Waals surface area contributed by atoms with Crippen molar-refractivity contribution in [1.29, 1.82) is 5.41 Å². The molecule has 82 valence electrons. The van der Waals surface area contributed by atoms with Crippen molar-refractivity contribution < 1.29 is 0 Å². The maximum atomic E-state index is 7.32. The maximum Gasteiger partial charge on any atom is 0.122 e. The van der Waals surface area contributed by atoms with Crippen LogP contribution in [0.25, 0.3) is 5.69 Å². The number of nitrogens with two attached hydrogens (primary N) is 1. The topological polar surface area (TPSA) is 67.7 Å². The van der Waals surface area contributed by atoms with Gasteiger partial charge < -0.3 is 10.3 Å². The fourth-order valence-corrected chi connectivity index (χ4v) is 1.63. The molecule has 0 unspecified atom stereocenters. The summed E-state index contributed by atoms with van der Waals surface area (Å²) < 4.78 is 2.03. The fourth-order valence-electron chi connectivity index (χ4n) is 1.63. The van der Waals surface area contributed by atoms with Crippen LogP contribution in [0, 0.1) is 5.41 Å². The van der Waals surface area contributed by atoms with E-state index >= 15 is 0 Å². The zero-order valence-electron chi connectivity index (χ0n) is 9.14. The molecule has 16 heavy (non-hydrogen) atoms. The van der Waals surface area contributed by atoms with E-state index in [1.54, 1.807) is 6.20 Å². The number of amidine groups is 1. The Hall–Kier alpha value is -2.10. The standard InChI is InChI=1S/C12H14N4/c1-2-11-15-7-8-16(11)10-5-3-9(4-6-10)12(13)14/h3-8H,2H2,1H3,(H3,13,14). The molecule has 0 saturated carbocycles. The third-order valence-corrected chi connectivity index (χ3v) is 2.49. The molecular weight excluding hydrogens is 200 g/mol. The number of nitrogens with zero attached hydrogens (tertiary/aromatic N) is 2. The summed E-state index contributed by atoms with van der Waals surface area (Å²) in [6.07, 6.45) is 4.61. The quantitative estimate of drug-likeness (QED) is 0.603. The molecule has 0 saturated heterocycles. The minimum Gasteiger partial charge on any atom is -0.384 e. The number of nitrogen functional groups attached to an aromatic ring is 1. The van der Waals surface area contributed by atoms with Crippen molar-refractivity contribution in [2.24, 2.45) is 5.73 Å². The molecule has 0 fully saturated rings. The van der Waals surface area contributed by atoms with E-state index in [4.69, 9.17) is 11.1 Å². The summed E-state index contributed by atoms with van der Waals surface area (Å²) >= 11 is 0. The molecule has 3 N–H and O–H groups in total. The molecule has 0 bridgehead atoms. The van der Waals surface area contributed by atoms with Gasteiger partial charge in [-0.15, -0.1) is 0 Å². The Morgan fingerprint density at radius 2 is 2.06 bits per heavy atom.